The summed E-state index contributed by atoms with van der Waals surface area (Å²) >= 11 is 0. The number of amides is 1. The van der Waals surface area contributed by atoms with E-state index in [4.69, 9.17) is 9.47 Å². The van der Waals surface area contributed by atoms with E-state index in [2.05, 4.69) is 5.32 Å². The molecule has 1 heterocycles. The van der Waals surface area contributed by atoms with Gasteiger partial charge in [-0.2, -0.15) is 0 Å². The number of para-hydroxylation sites is 2. The Morgan fingerprint density at radius 3 is 2.02 bits per heavy atom. The Kier molecular flexibility index (Phi) is 7.64. The van der Waals surface area contributed by atoms with Crippen LogP contribution in [0, 0.1) is 0 Å². The third-order valence-corrected chi connectivity index (χ3v) is 7.30. The maximum atomic E-state index is 13.6. The van der Waals surface area contributed by atoms with Gasteiger partial charge in [0.15, 0.2) is 0 Å². The summed E-state index contributed by atoms with van der Waals surface area (Å²) in [5, 5.41) is 12.4. The Labute approximate surface area is 242 Å². The lowest BCUT2D eigenvalue weighted by Crippen LogP contribution is -2.46. The average Bonchev–Trinajstić information content (AvgIpc) is 3.41. The maximum Gasteiger partial charge on any atom is 0.407 e. The first kappa shape index (κ1) is 28.7. The normalized spacial score (nSPS) is 14.1. The summed E-state index contributed by atoms with van der Waals surface area (Å²) in [6.45, 7) is 6.38. The second-order valence-corrected chi connectivity index (χ2v) is 11.3. The fourth-order valence-corrected chi connectivity index (χ4v) is 5.43. The fraction of sp³-hybridized carbons (Fsp3) is 0.312. The molecule has 1 aliphatic rings. The summed E-state index contributed by atoms with van der Waals surface area (Å²) in [6, 6.07) is 20.1. The number of nitrogens with one attached hydrogen (secondary N) is 1. The van der Waals surface area contributed by atoms with Crippen molar-refractivity contribution in [3.63, 3.8) is 0 Å². The number of imidazole rings is 1. The summed E-state index contributed by atoms with van der Waals surface area (Å²) in [4.78, 5) is 51.5. The van der Waals surface area contributed by atoms with Crippen molar-refractivity contribution in [2.45, 2.75) is 57.8 Å². The fourth-order valence-electron chi connectivity index (χ4n) is 5.43. The van der Waals surface area contributed by atoms with Gasteiger partial charge in [0, 0.05) is 5.92 Å². The van der Waals surface area contributed by atoms with Crippen LogP contribution >= 0.6 is 0 Å². The maximum absolute atomic E-state index is 13.6. The summed E-state index contributed by atoms with van der Waals surface area (Å²) in [6.07, 6.45) is -0.914. The predicted molar refractivity (Wildman–Crippen MR) is 156 cm³/mol. The van der Waals surface area contributed by atoms with Gasteiger partial charge < -0.3 is 19.9 Å². The molecule has 0 radical (unpaired) electrons. The standard InChI is InChI=1S/C32H33N3O7/c1-19(29(38)42-32(2,3)4)35-27-16-10-9-15-26(27)34(31(35)40)17-25(28(36)37)33-30(39)41-18-24-22-13-7-5-11-20(22)21-12-6-8-14-23(21)24/h5-16,19,24-25H,17-18H2,1-4H3,(H,33,39)(H,36,37)/t19-,25?/m1/s1. The second kappa shape index (κ2) is 11.2. The number of carboxylic acids is 1. The van der Waals surface area contributed by atoms with Gasteiger partial charge in [0.05, 0.1) is 17.6 Å². The van der Waals surface area contributed by atoms with Crippen molar-refractivity contribution in [1.82, 2.24) is 14.5 Å². The number of benzene rings is 3. The van der Waals surface area contributed by atoms with Crippen molar-refractivity contribution >= 4 is 29.1 Å². The Morgan fingerprint density at radius 2 is 1.45 bits per heavy atom. The number of aliphatic carboxylic acids is 1. The van der Waals surface area contributed by atoms with E-state index in [1.165, 1.54) is 9.13 Å². The smallest absolute Gasteiger partial charge is 0.407 e. The third-order valence-electron chi connectivity index (χ3n) is 7.30. The first-order valence-corrected chi connectivity index (χ1v) is 13.7. The molecule has 0 spiro atoms. The molecule has 0 saturated carbocycles. The molecule has 0 aliphatic heterocycles. The van der Waals surface area contributed by atoms with Crippen molar-refractivity contribution in [3.05, 3.63) is 94.4 Å². The quantitative estimate of drug-likeness (QED) is 0.294. The second-order valence-electron chi connectivity index (χ2n) is 11.3. The molecule has 1 aromatic heterocycles. The van der Waals surface area contributed by atoms with E-state index in [1.807, 2.05) is 48.5 Å². The number of esters is 1. The molecule has 42 heavy (non-hydrogen) atoms. The van der Waals surface area contributed by atoms with Crippen LogP contribution in [0.4, 0.5) is 4.79 Å². The van der Waals surface area contributed by atoms with Crippen molar-refractivity contribution in [2.75, 3.05) is 6.61 Å². The number of alkyl carbamates (subject to hydrolysis) is 1. The monoisotopic (exact) mass is 571 g/mol. The van der Waals surface area contributed by atoms with Gasteiger partial charge in [-0.3, -0.25) is 9.13 Å². The summed E-state index contributed by atoms with van der Waals surface area (Å²) in [5.41, 5.74) is 3.69. The van der Waals surface area contributed by atoms with Gasteiger partial charge in [0.1, 0.15) is 24.3 Å². The molecule has 218 valence electrons. The molecule has 10 heteroatoms. The Morgan fingerprint density at radius 1 is 0.905 bits per heavy atom. The van der Waals surface area contributed by atoms with Gasteiger partial charge in [0.2, 0.25) is 0 Å². The number of fused-ring (bicyclic) bond motifs is 4. The zero-order valence-electron chi connectivity index (χ0n) is 23.9. The number of hydrogen-bond donors (Lipinski definition) is 2. The molecule has 5 rings (SSSR count). The van der Waals surface area contributed by atoms with E-state index < -0.39 is 41.4 Å². The van der Waals surface area contributed by atoms with Crippen LogP contribution in [0.2, 0.25) is 0 Å². The van der Waals surface area contributed by atoms with Gasteiger partial charge in [-0.25, -0.2) is 19.2 Å². The highest BCUT2D eigenvalue weighted by atomic mass is 16.6. The minimum Gasteiger partial charge on any atom is -0.480 e. The first-order chi connectivity index (χ1) is 20.0. The summed E-state index contributed by atoms with van der Waals surface area (Å²) in [5.74, 6) is -2.13. The van der Waals surface area contributed by atoms with Crippen LogP contribution in [-0.2, 0) is 25.6 Å². The number of aromatic nitrogens is 2. The number of carbonyl (C=O) groups excluding carboxylic acids is 2. The van der Waals surface area contributed by atoms with Crippen LogP contribution in [0.1, 0.15) is 50.8 Å². The number of nitrogens with zero attached hydrogens (tertiary/aromatic N) is 2. The van der Waals surface area contributed by atoms with Gasteiger partial charge in [0.25, 0.3) is 0 Å². The Balaban J connectivity index is 1.35. The van der Waals surface area contributed by atoms with Gasteiger partial charge in [-0.05, 0) is 62.1 Å². The van der Waals surface area contributed by atoms with Gasteiger partial charge in [-0.1, -0.05) is 60.7 Å². The van der Waals surface area contributed by atoms with Crippen molar-refractivity contribution in [3.8, 4) is 11.1 Å². The van der Waals surface area contributed by atoms with E-state index >= 15 is 0 Å². The molecular weight excluding hydrogens is 538 g/mol. The lowest BCUT2D eigenvalue weighted by Gasteiger charge is -2.22. The lowest BCUT2D eigenvalue weighted by atomic mass is 9.98. The highest BCUT2D eigenvalue weighted by Gasteiger charge is 2.31. The van der Waals surface area contributed by atoms with Crippen LogP contribution in [0.15, 0.2) is 77.6 Å². The lowest BCUT2D eigenvalue weighted by molar-refractivity contribution is -0.158. The zero-order valence-corrected chi connectivity index (χ0v) is 23.9. The topological polar surface area (TPSA) is 129 Å². The number of ether oxygens (including phenoxy) is 2. The molecule has 0 fully saturated rings. The molecule has 0 saturated heterocycles. The molecule has 10 nitrogen and oxygen atoms in total. The van der Waals surface area contributed by atoms with Gasteiger partial charge in [-0.15, -0.1) is 0 Å². The number of carbonyl (C=O) groups is 3. The molecular formula is C32H33N3O7. The SMILES string of the molecule is C[C@H](C(=O)OC(C)(C)C)n1c(=O)n(CC(NC(=O)OCC2c3ccccc3-c3ccccc32)C(=O)O)c2ccccc21. The van der Waals surface area contributed by atoms with E-state index in [0.717, 1.165) is 22.3 Å². The minimum atomic E-state index is -1.48. The molecule has 0 bridgehead atoms. The average molecular weight is 572 g/mol. The molecule has 1 amide bonds. The number of rotatable bonds is 8. The highest BCUT2D eigenvalue weighted by molar-refractivity contribution is 5.83. The van der Waals surface area contributed by atoms with Gasteiger partial charge >= 0.3 is 23.7 Å². The highest BCUT2D eigenvalue weighted by Crippen LogP contribution is 2.44. The van der Waals surface area contributed by atoms with E-state index in [1.54, 1.807) is 52.0 Å². The van der Waals surface area contributed by atoms with E-state index in [-0.39, 0.29) is 19.1 Å². The van der Waals surface area contributed by atoms with Crippen molar-refractivity contribution in [1.29, 1.82) is 0 Å². The largest absolute Gasteiger partial charge is 0.480 e. The molecule has 2 N–H and O–H groups in total. The van der Waals surface area contributed by atoms with Crippen molar-refractivity contribution in [2.24, 2.45) is 0 Å². The zero-order chi connectivity index (χ0) is 30.2. The first-order valence-electron chi connectivity index (χ1n) is 13.7. The van der Waals surface area contributed by atoms with Crippen LogP contribution in [-0.4, -0.2) is 50.5 Å². The Hall–Kier alpha value is -4.86. The summed E-state index contributed by atoms with van der Waals surface area (Å²) < 4.78 is 13.5. The number of hydrogen-bond acceptors (Lipinski definition) is 6. The molecule has 3 aromatic carbocycles. The van der Waals surface area contributed by atoms with E-state index in [0.29, 0.717) is 11.0 Å². The molecule has 1 unspecified atom stereocenters. The summed E-state index contributed by atoms with van der Waals surface area (Å²) in [7, 11) is 0. The Bertz CT molecular complexity index is 1680. The van der Waals surface area contributed by atoms with Crippen molar-refractivity contribution < 1.29 is 29.0 Å². The molecule has 2 atom stereocenters. The number of carboxylic acid groups (broad SMARTS) is 1. The van der Waals surface area contributed by atoms with Crippen LogP contribution < -0.4 is 11.0 Å². The predicted octanol–water partition coefficient (Wildman–Crippen LogP) is 4.70. The van der Waals surface area contributed by atoms with Crippen LogP contribution in [0.3, 0.4) is 0 Å². The van der Waals surface area contributed by atoms with Crippen LogP contribution in [0.25, 0.3) is 22.2 Å². The van der Waals surface area contributed by atoms with E-state index in [9.17, 15) is 24.3 Å². The third kappa shape index (κ3) is 5.52. The molecule has 4 aromatic rings. The minimum absolute atomic E-state index is 0.0128. The molecule has 1 aliphatic carbocycles. The van der Waals surface area contributed by atoms with Crippen LogP contribution in [0.5, 0.6) is 0 Å².